The minimum absolute atomic E-state index is 0.0138. The predicted octanol–water partition coefficient (Wildman–Crippen LogP) is 0.0457. The first kappa shape index (κ1) is 11.5. The molecule has 0 saturated heterocycles. The minimum atomic E-state index is -1.13. The van der Waals surface area contributed by atoms with Gasteiger partial charge in [-0.3, -0.25) is 9.59 Å². The molecule has 1 atom stereocenters. The summed E-state index contributed by atoms with van der Waals surface area (Å²) < 4.78 is 4.95. The fourth-order valence-corrected chi connectivity index (χ4v) is 1.30. The number of hydrogen-bond acceptors (Lipinski definition) is 4. The molecule has 4 N–H and O–H groups in total. The molecular weight excluding hydrogens is 200 g/mol. The van der Waals surface area contributed by atoms with Gasteiger partial charge in [-0.05, 0) is 0 Å². The van der Waals surface area contributed by atoms with Crippen molar-refractivity contribution in [2.45, 2.75) is 32.2 Å². The fraction of sp³-hybridized carbons (Fsp3) is 0.556. The summed E-state index contributed by atoms with van der Waals surface area (Å²) in [6.45, 7) is 3.70. The number of nitrogens with one attached hydrogen (secondary N) is 1. The van der Waals surface area contributed by atoms with E-state index in [1.807, 2.05) is 13.8 Å². The summed E-state index contributed by atoms with van der Waals surface area (Å²) in [6.07, 6.45) is -0.0192. The lowest BCUT2D eigenvalue weighted by Gasteiger charge is -2.06. The molecule has 1 aromatic heterocycles. The fourth-order valence-electron chi connectivity index (χ4n) is 1.30. The van der Waals surface area contributed by atoms with Crippen LogP contribution in [-0.4, -0.2) is 22.3 Å². The van der Waals surface area contributed by atoms with Crippen LogP contribution in [0, 0.1) is 0 Å². The molecule has 0 unspecified atom stereocenters. The topological polar surface area (TPSA) is 109 Å². The van der Waals surface area contributed by atoms with Gasteiger partial charge in [0.25, 0.3) is 5.56 Å². The molecule has 0 aliphatic carbocycles. The molecule has 0 radical (unpaired) electrons. The molecule has 0 saturated carbocycles. The molecule has 1 heterocycles. The zero-order valence-electron chi connectivity index (χ0n) is 8.61. The SMILES string of the molecule is CC(C)c1o[nH]c(=O)c1C[C@@H](N)C(=O)O. The lowest BCUT2D eigenvalue weighted by molar-refractivity contribution is -0.138. The van der Waals surface area contributed by atoms with E-state index in [1.54, 1.807) is 0 Å². The summed E-state index contributed by atoms with van der Waals surface area (Å²) in [5.74, 6) is -0.651. The van der Waals surface area contributed by atoms with Gasteiger partial charge in [-0.25, -0.2) is 0 Å². The van der Waals surface area contributed by atoms with Gasteiger partial charge in [-0.15, -0.1) is 0 Å². The van der Waals surface area contributed by atoms with Crippen molar-refractivity contribution >= 4 is 5.97 Å². The number of carbonyl (C=O) groups is 1. The van der Waals surface area contributed by atoms with Crippen LogP contribution in [0.4, 0.5) is 0 Å². The molecule has 6 nitrogen and oxygen atoms in total. The second kappa shape index (κ2) is 4.31. The smallest absolute Gasteiger partial charge is 0.320 e. The van der Waals surface area contributed by atoms with Gasteiger partial charge in [-0.2, -0.15) is 5.16 Å². The van der Waals surface area contributed by atoms with Crippen LogP contribution in [0.5, 0.6) is 0 Å². The normalized spacial score (nSPS) is 13.1. The summed E-state index contributed by atoms with van der Waals surface area (Å²) in [5.41, 5.74) is 5.26. The van der Waals surface area contributed by atoms with Crippen molar-refractivity contribution in [2.24, 2.45) is 5.73 Å². The zero-order valence-corrected chi connectivity index (χ0v) is 8.61. The Morgan fingerprint density at radius 2 is 2.20 bits per heavy atom. The van der Waals surface area contributed by atoms with Crippen molar-refractivity contribution in [3.05, 3.63) is 21.7 Å². The van der Waals surface area contributed by atoms with Crippen LogP contribution in [0.3, 0.4) is 0 Å². The van der Waals surface area contributed by atoms with Gasteiger partial charge in [-0.1, -0.05) is 13.8 Å². The van der Waals surface area contributed by atoms with Gasteiger partial charge in [0.2, 0.25) is 0 Å². The predicted molar refractivity (Wildman–Crippen MR) is 52.7 cm³/mol. The second-order valence-corrected chi connectivity index (χ2v) is 3.68. The molecule has 6 heteroatoms. The summed E-state index contributed by atoms with van der Waals surface area (Å²) >= 11 is 0. The number of hydrogen-bond donors (Lipinski definition) is 3. The monoisotopic (exact) mass is 214 g/mol. The van der Waals surface area contributed by atoms with Gasteiger partial charge in [0.1, 0.15) is 11.8 Å². The summed E-state index contributed by atoms with van der Waals surface area (Å²) in [7, 11) is 0. The first-order valence-corrected chi connectivity index (χ1v) is 4.62. The number of rotatable bonds is 4. The molecule has 1 aromatic rings. The number of nitrogens with two attached hydrogens (primary N) is 1. The van der Waals surface area contributed by atoms with Crippen LogP contribution in [0.25, 0.3) is 0 Å². The molecule has 0 spiro atoms. The molecule has 0 fully saturated rings. The second-order valence-electron chi connectivity index (χ2n) is 3.68. The van der Waals surface area contributed by atoms with Crippen LogP contribution < -0.4 is 11.3 Å². The highest BCUT2D eigenvalue weighted by Gasteiger charge is 2.21. The third-order valence-corrected chi connectivity index (χ3v) is 2.09. The standard InChI is InChI=1S/C9H14N2O4/c1-4(2)7-5(8(12)11-15-7)3-6(10)9(13)14/h4,6H,3,10H2,1-2H3,(H,11,12)(H,13,14)/t6-/m1/s1. The zero-order chi connectivity index (χ0) is 11.6. The van der Waals surface area contributed by atoms with Crippen molar-refractivity contribution in [1.29, 1.82) is 0 Å². The highest BCUT2D eigenvalue weighted by atomic mass is 16.5. The highest BCUT2D eigenvalue weighted by molar-refractivity contribution is 5.73. The van der Waals surface area contributed by atoms with Gasteiger partial charge in [0.05, 0.1) is 5.56 Å². The van der Waals surface area contributed by atoms with E-state index < -0.39 is 17.6 Å². The first-order chi connectivity index (χ1) is 6.93. The molecule has 84 valence electrons. The molecule has 0 aliphatic heterocycles. The van der Waals surface area contributed by atoms with Crippen molar-refractivity contribution < 1.29 is 14.4 Å². The third kappa shape index (κ3) is 2.47. The molecule has 0 aliphatic rings. The van der Waals surface area contributed by atoms with E-state index in [0.29, 0.717) is 11.3 Å². The quantitative estimate of drug-likeness (QED) is 0.655. The molecule has 0 bridgehead atoms. The van der Waals surface area contributed by atoms with E-state index in [9.17, 15) is 9.59 Å². The Morgan fingerprint density at radius 3 is 2.67 bits per heavy atom. The maximum absolute atomic E-state index is 11.3. The number of carboxylic acids is 1. The van der Waals surface area contributed by atoms with E-state index in [1.165, 1.54) is 0 Å². The largest absolute Gasteiger partial charge is 0.480 e. The Bertz CT molecular complexity index is 404. The summed E-state index contributed by atoms with van der Waals surface area (Å²) in [5, 5.41) is 10.8. The molecule has 0 aromatic carbocycles. The minimum Gasteiger partial charge on any atom is -0.480 e. The Kier molecular flexibility index (Phi) is 3.31. The van der Waals surface area contributed by atoms with Gasteiger partial charge < -0.3 is 15.4 Å². The van der Waals surface area contributed by atoms with E-state index in [4.69, 9.17) is 15.4 Å². The Labute approximate surface area is 86.0 Å². The van der Waals surface area contributed by atoms with Crippen molar-refractivity contribution in [3.63, 3.8) is 0 Å². The summed E-state index contributed by atoms with van der Waals surface area (Å²) in [4.78, 5) is 21.9. The van der Waals surface area contributed by atoms with E-state index in [2.05, 4.69) is 5.16 Å². The van der Waals surface area contributed by atoms with Gasteiger partial charge in [0.15, 0.2) is 0 Å². The summed E-state index contributed by atoms with van der Waals surface area (Å²) in [6, 6.07) is -1.08. The maximum atomic E-state index is 11.3. The van der Waals surface area contributed by atoms with Crippen LogP contribution in [0.2, 0.25) is 0 Å². The molecule has 1 rings (SSSR count). The van der Waals surface area contributed by atoms with Crippen molar-refractivity contribution in [2.75, 3.05) is 0 Å². The Hall–Kier alpha value is -1.56. The van der Waals surface area contributed by atoms with Crippen LogP contribution in [-0.2, 0) is 11.2 Å². The average molecular weight is 214 g/mol. The number of H-pyrrole nitrogens is 1. The van der Waals surface area contributed by atoms with Crippen LogP contribution in [0.15, 0.2) is 9.32 Å². The lowest BCUT2D eigenvalue weighted by Crippen LogP contribution is -2.34. The van der Waals surface area contributed by atoms with Crippen molar-refractivity contribution in [3.8, 4) is 0 Å². The van der Waals surface area contributed by atoms with E-state index in [0.717, 1.165) is 0 Å². The average Bonchev–Trinajstić information content (AvgIpc) is 2.48. The Morgan fingerprint density at radius 1 is 1.60 bits per heavy atom. The number of carboxylic acid groups (broad SMARTS) is 1. The third-order valence-electron chi connectivity index (χ3n) is 2.09. The molecular formula is C9H14N2O4. The number of aromatic amines is 1. The number of aliphatic carboxylic acids is 1. The Balaban J connectivity index is 2.98. The molecule has 15 heavy (non-hydrogen) atoms. The lowest BCUT2D eigenvalue weighted by atomic mass is 10.0. The van der Waals surface area contributed by atoms with Crippen molar-refractivity contribution in [1.82, 2.24) is 5.16 Å². The molecule has 0 amide bonds. The van der Waals surface area contributed by atoms with E-state index in [-0.39, 0.29) is 12.3 Å². The number of aromatic nitrogens is 1. The van der Waals surface area contributed by atoms with Crippen LogP contribution in [0.1, 0.15) is 31.1 Å². The first-order valence-electron chi connectivity index (χ1n) is 4.62. The van der Waals surface area contributed by atoms with Gasteiger partial charge in [0, 0.05) is 12.3 Å². The highest BCUT2D eigenvalue weighted by Crippen LogP contribution is 2.16. The maximum Gasteiger partial charge on any atom is 0.320 e. The van der Waals surface area contributed by atoms with Gasteiger partial charge >= 0.3 is 5.97 Å². The van der Waals surface area contributed by atoms with Crippen LogP contribution >= 0.6 is 0 Å². The van der Waals surface area contributed by atoms with E-state index >= 15 is 0 Å².